The summed E-state index contributed by atoms with van der Waals surface area (Å²) in [5, 5.41) is 9.18. The molecule has 0 spiro atoms. The zero-order valence-corrected chi connectivity index (χ0v) is 11.6. The minimum Gasteiger partial charge on any atom is -0.480 e. The minimum atomic E-state index is -1.05. The fourth-order valence-electron chi connectivity index (χ4n) is 2.70. The molecule has 1 aliphatic rings. The summed E-state index contributed by atoms with van der Waals surface area (Å²) < 4.78 is 0. The number of aliphatic carboxylic acids is 1. The Morgan fingerprint density at radius 2 is 1.90 bits per heavy atom. The monoisotopic (exact) mass is 290 g/mol. The first-order chi connectivity index (χ1) is 10.0. The summed E-state index contributed by atoms with van der Waals surface area (Å²) in [6.45, 7) is 0.0503. The van der Waals surface area contributed by atoms with Gasteiger partial charge in [0.15, 0.2) is 5.78 Å². The number of carbonyl (C=O) groups excluding carboxylic acids is 2. The van der Waals surface area contributed by atoms with Gasteiger partial charge in [0.1, 0.15) is 6.04 Å². The highest BCUT2D eigenvalue weighted by atomic mass is 16.4. The van der Waals surface area contributed by atoms with Gasteiger partial charge in [-0.05, 0) is 12.3 Å². The second-order valence-corrected chi connectivity index (χ2v) is 5.20. The third-order valence-electron chi connectivity index (χ3n) is 3.74. The van der Waals surface area contributed by atoms with E-state index in [4.69, 9.17) is 5.73 Å². The molecule has 2 atom stereocenters. The van der Waals surface area contributed by atoms with Crippen molar-refractivity contribution in [3.63, 3.8) is 0 Å². The lowest BCUT2D eigenvalue weighted by Gasteiger charge is -2.20. The number of likely N-dealkylation sites (tertiary alicyclic amines) is 1. The molecule has 2 rings (SSSR count). The molecular weight excluding hydrogens is 272 g/mol. The van der Waals surface area contributed by atoms with Crippen LogP contribution in [0, 0.1) is 5.92 Å². The van der Waals surface area contributed by atoms with Crippen molar-refractivity contribution in [1.29, 1.82) is 0 Å². The number of hydrogen-bond donors (Lipinski definition) is 2. The smallest absolute Gasteiger partial charge is 0.326 e. The summed E-state index contributed by atoms with van der Waals surface area (Å²) in [7, 11) is 0. The van der Waals surface area contributed by atoms with Gasteiger partial charge in [0, 0.05) is 18.5 Å². The first kappa shape index (κ1) is 15.2. The molecule has 1 aromatic rings. The van der Waals surface area contributed by atoms with Gasteiger partial charge in [0.25, 0.3) is 0 Å². The molecule has 0 radical (unpaired) electrons. The first-order valence-electron chi connectivity index (χ1n) is 6.83. The number of benzene rings is 1. The van der Waals surface area contributed by atoms with Gasteiger partial charge in [-0.25, -0.2) is 4.79 Å². The van der Waals surface area contributed by atoms with Crippen LogP contribution in [0.25, 0.3) is 0 Å². The Balaban J connectivity index is 2.04. The van der Waals surface area contributed by atoms with Gasteiger partial charge in [0.2, 0.25) is 5.91 Å². The lowest BCUT2D eigenvalue weighted by molar-refractivity contribution is -0.147. The van der Waals surface area contributed by atoms with Crippen molar-refractivity contribution in [1.82, 2.24) is 4.90 Å². The summed E-state index contributed by atoms with van der Waals surface area (Å²) in [4.78, 5) is 36.3. The number of ketones is 1. The lowest BCUT2D eigenvalue weighted by Crippen LogP contribution is -2.43. The number of nitrogens with zero attached hydrogens (tertiary/aromatic N) is 1. The molecule has 0 bridgehead atoms. The van der Waals surface area contributed by atoms with Crippen LogP contribution in [0.2, 0.25) is 0 Å². The van der Waals surface area contributed by atoms with Gasteiger partial charge in [-0.2, -0.15) is 0 Å². The van der Waals surface area contributed by atoms with Crippen LogP contribution in [0.1, 0.15) is 23.2 Å². The molecular formula is C15H18N2O4. The van der Waals surface area contributed by atoms with Crippen molar-refractivity contribution >= 4 is 17.7 Å². The van der Waals surface area contributed by atoms with Gasteiger partial charge in [0.05, 0.1) is 6.54 Å². The highest BCUT2D eigenvalue weighted by Crippen LogP contribution is 2.27. The molecule has 3 N–H and O–H groups in total. The van der Waals surface area contributed by atoms with E-state index in [1.807, 2.05) is 6.07 Å². The maximum absolute atomic E-state index is 12.1. The van der Waals surface area contributed by atoms with Crippen LogP contribution < -0.4 is 5.73 Å². The summed E-state index contributed by atoms with van der Waals surface area (Å²) >= 11 is 0. The number of carboxylic acids is 1. The largest absolute Gasteiger partial charge is 0.480 e. The van der Waals surface area contributed by atoms with Crippen LogP contribution in [0.3, 0.4) is 0 Å². The van der Waals surface area contributed by atoms with Gasteiger partial charge in [-0.1, -0.05) is 30.3 Å². The van der Waals surface area contributed by atoms with Gasteiger partial charge < -0.3 is 15.7 Å². The fraction of sp³-hybridized carbons (Fsp3) is 0.400. The molecule has 0 aliphatic carbocycles. The lowest BCUT2D eigenvalue weighted by atomic mass is 9.96. The summed E-state index contributed by atoms with van der Waals surface area (Å²) in [5.41, 5.74) is 5.91. The van der Waals surface area contributed by atoms with Crippen molar-refractivity contribution in [2.45, 2.75) is 18.9 Å². The number of rotatable bonds is 5. The molecule has 0 saturated carbocycles. The number of carbonyl (C=O) groups is 3. The van der Waals surface area contributed by atoms with Crippen LogP contribution in [-0.2, 0) is 9.59 Å². The van der Waals surface area contributed by atoms with E-state index in [1.54, 1.807) is 24.3 Å². The van der Waals surface area contributed by atoms with Gasteiger partial charge in [-0.15, -0.1) is 0 Å². The predicted molar refractivity (Wildman–Crippen MR) is 75.7 cm³/mol. The topological polar surface area (TPSA) is 101 Å². The quantitative estimate of drug-likeness (QED) is 0.770. The first-order valence-corrected chi connectivity index (χ1v) is 6.83. The zero-order valence-electron chi connectivity index (χ0n) is 11.6. The second-order valence-electron chi connectivity index (χ2n) is 5.20. The molecule has 21 heavy (non-hydrogen) atoms. The van der Waals surface area contributed by atoms with E-state index >= 15 is 0 Å². The molecule has 1 fully saturated rings. The van der Waals surface area contributed by atoms with E-state index in [2.05, 4.69) is 0 Å². The molecule has 1 saturated heterocycles. The minimum absolute atomic E-state index is 0.0354. The zero-order chi connectivity index (χ0) is 15.4. The van der Waals surface area contributed by atoms with Crippen LogP contribution in [0.15, 0.2) is 30.3 Å². The summed E-state index contributed by atoms with van der Waals surface area (Å²) in [5.74, 6) is -1.62. The fourth-order valence-corrected chi connectivity index (χ4v) is 2.70. The number of hydrogen-bond acceptors (Lipinski definition) is 4. The van der Waals surface area contributed by atoms with E-state index in [-0.39, 0.29) is 31.2 Å². The van der Waals surface area contributed by atoms with Gasteiger partial charge in [-0.3, -0.25) is 9.59 Å². The predicted octanol–water partition coefficient (Wildman–Crippen LogP) is 0.520. The molecule has 1 heterocycles. The van der Waals surface area contributed by atoms with Gasteiger partial charge >= 0.3 is 5.97 Å². The standard InChI is InChI=1S/C15H18N2O4/c16-8-14(19)17-9-10(6-12(17)15(20)21)7-13(18)11-4-2-1-3-5-11/h1-5,10,12H,6-9,16H2,(H,20,21)/t10-,12-/m0/s1. The van der Waals surface area contributed by atoms with Crippen molar-refractivity contribution < 1.29 is 19.5 Å². The summed E-state index contributed by atoms with van der Waals surface area (Å²) in [6, 6.07) is 7.98. The second kappa shape index (κ2) is 6.49. The molecule has 6 nitrogen and oxygen atoms in total. The highest BCUT2D eigenvalue weighted by molar-refractivity contribution is 5.96. The molecule has 1 aliphatic heterocycles. The molecule has 1 aromatic carbocycles. The van der Waals surface area contributed by atoms with Crippen molar-refractivity contribution in [3.8, 4) is 0 Å². The van der Waals surface area contributed by atoms with E-state index in [9.17, 15) is 19.5 Å². The number of amides is 1. The normalized spacial score (nSPS) is 21.3. The maximum atomic E-state index is 12.1. The van der Waals surface area contributed by atoms with Crippen LogP contribution in [-0.4, -0.2) is 46.8 Å². The Morgan fingerprint density at radius 1 is 1.24 bits per heavy atom. The van der Waals surface area contributed by atoms with Crippen molar-refractivity contribution in [2.75, 3.05) is 13.1 Å². The number of carboxylic acid groups (broad SMARTS) is 1. The summed E-state index contributed by atoms with van der Waals surface area (Å²) in [6.07, 6.45) is 0.530. The number of Topliss-reactive ketones (excluding diaryl/α,β-unsaturated/α-hetero) is 1. The molecule has 6 heteroatoms. The molecule has 0 aromatic heterocycles. The Hall–Kier alpha value is -2.21. The Bertz CT molecular complexity index is 544. The Morgan fingerprint density at radius 3 is 2.48 bits per heavy atom. The van der Waals surface area contributed by atoms with E-state index in [1.165, 1.54) is 4.90 Å². The van der Waals surface area contributed by atoms with Crippen molar-refractivity contribution in [2.24, 2.45) is 11.7 Å². The average molecular weight is 290 g/mol. The number of nitrogens with two attached hydrogens (primary N) is 1. The SMILES string of the molecule is NCC(=O)N1C[C@H](CC(=O)c2ccccc2)C[C@H]1C(=O)O. The third kappa shape index (κ3) is 3.46. The van der Waals surface area contributed by atoms with Crippen molar-refractivity contribution in [3.05, 3.63) is 35.9 Å². The Kier molecular flexibility index (Phi) is 4.70. The maximum Gasteiger partial charge on any atom is 0.326 e. The van der Waals surface area contributed by atoms with E-state index in [0.29, 0.717) is 12.0 Å². The van der Waals surface area contributed by atoms with E-state index < -0.39 is 17.9 Å². The van der Waals surface area contributed by atoms with Crippen LogP contribution >= 0.6 is 0 Å². The highest BCUT2D eigenvalue weighted by Gasteiger charge is 2.39. The average Bonchev–Trinajstić information content (AvgIpc) is 2.91. The third-order valence-corrected chi connectivity index (χ3v) is 3.74. The Labute approximate surface area is 122 Å². The molecule has 112 valence electrons. The van der Waals surface area contributed by atoms with Crippen LogP contribution in [0.5, 0.6) is 0 Å². The van der Waals surface area contributed by atoms with Crippen LogP contribution in [0.4, 0.5) is 0 Å². The molecule has 1 amide bonds. The molecule has 0 unspecified atom stereocenters. The van der Waals surface area contributed by atoms with E-state index in [0.717, 1.165) is 0 Å².